The minimum Gasteiger partial charge on any atom is -0.381 e. The van der Waals surface area contributed by atoms with E-state index in [0.717, 1.165) is 12.1 Å². The number of nitrogens with zero attached hydrogens (tertiary/aromatic N) is 3. The van der Waals surface area contributed by atoms with Crippen LogP contribution >= 0.6 is 0 Å². The van der Waals surface area contributed by atoms with E-state index < -0.39 is 0 Å². The minimum atomic E-state index is -0.201. The Labute approximate surface area is 444 Å². The summed E-state index contributed by atoms with van der Waals surface area (Å²) in [6.07, 6.45) is 20.4. The van der Waals surface area contributed by atoms with Gasteiger partial charge in [0.2, 0.25) is 0 Å². The number of hydrogen-bond acceptors (Lipinski definition) is 4. The molecule has 0 saturated heterocycles. The van der Waals surface area contributed by atoms with Crippen LogP contribution in [0.4, 0.5) is 5.69 Å². The fourth-order valence-electron chi connectivity index (χ4n) is 16.3. The summed E-state index contributed by atoms with van der Waals surface area (Å²) in [6, 6.07) is 65.1. The van der Waals surface area contributed by atoms with E-state index >= 15 is 0 Å². The Morgan fingerprint density at radius 3 is 2.09 bits per heavy atom. The van der Waals surface area contributed by atoms with Gasteiger partial charge in [-0.2, -0.15) is 10.5 Å². The molecule has 0 amide bonds. The third-order valence-corrected chi connectivity index (χ3v) is 19.7. The average Bonchev–Trinajstić information content (AvgIpc) is 4.32. The lowest BCUT2D eigenvalue weighted by Gasteiger charge is -2.34. The molecule has 2 fully saturated rings. The first kappa shape index (κ1) is 43.7. The Morgan fingerprint density at radius 2 is 1.32 bits per heavy atom. The predicted molar refractivity (Wildman–Crippen MR) is 306 cm³/mol. The lowest BCUT2D eigenvalue weighted by atomic mass is 9.72. The molecule has 8 unspecified atom stereocenters. The highest BCUT2D eigenvalue weighted by atomic mass is 15.3. The highest BCUT2D eigenvalue weighted by Gasteiger charge is 2.73. The van der Waals surface area contributed by atoms with Crippen LogP contribution in [-0.4, -0.2) is 6.04 Å². The first-order valence-electron chi connectivity index (χ1n) is 27.3. The molecule has 1 heterocycles. The maximum atomic E-state index is 9.88. The van der Waals surface area contributed by atoms with Gasteiger partial charge < -0.3 is 10.2 Å². The molecule has 1 aliphatic heterocycles. The normalized spacial score (nSPS) is 27.0. The van der Waals surface area contributed by atoms with Crippen LogP contribution in [0.3, 0.4) is 0 Å². The Hall–Kier alpha value is -8.70. The maximum Gasteiger partial charge on any atom is 0.0991 e. The zero-order valence-electron chi connectivity index (χ0n) is 42.8. The molecule has 76 heavy (non-hydrogen) atoms. The molecule has 362 valence electrons. The second-order valence-corrected chi connectivity index (χ2v) is 23.4. The van der Waals surface area contributed by atoms with Crippen molar-refractivity contribution in [3.63, 3.8) is 0 Å². The molecule has 4 heteroatoms. The minimum absolute atomic E-state index is 0.0233. The number of rotatable bonds is 7. The zero-order valence-corrected chi connectivity index (χ0v) is 42.8. The van der Waals surface area contributed by atoms with Gasteiger partial charge in [-0.1, -0.05) is 178 Å². The Kier molecular flexibility index (Phi) is 8.88. The molecule has 0 bridgehead atoms. The molecule has 0 aromatic heterocycles. The highest BCUT2D eigenvalue weighted by Crippen LogP contribution is 2.74. The molecule has 1 N–H and O–H groups in total. The Bertz CT molecular complexity index is 4180. The largest absolute Gasteiger partial charge is 0.381 e. The van der Waals surface area contributed by atoms with E-state index in [1.807, 2.05) is 24.3 Å². The van der Waals surface area contributed by atoms with Crippen molar-refractivity contribution in [1.29, 1.82) is 10.5 Å². The molecule has 4 nitrogen and oxygen atoms in total. The van der Waals surface area contributed by atoms with Gasteiger partial charge in [-0.05, 0) is 162 Å². The smallest absolute Gasteiger partial charge is 0.0991 e. The Balaban J connectivity index is 0.823. The molecule has 0 radical (unpaired) electrons. The van der Waals surface area contributed by atoms with Gasteiger partial charge in [0.15, 0.2) is 0 Å². The van der Waals surface area contributed by atoms with Crippen molar-refractivity contribution in [1.82, 2.24) is 5.32 Å². The monoisotopic (exact) mass is 974 g/mol. The van der Waals surface area contributed by atoms with E-state index in [0.29, 0.717) is 28.9 Å². The summed E-state index contributed by atoms with van der Waals surface area (Å²) < 4.78 is 0. The molecule has 2 spiro atoms. The van der Waals surface area contributed by atoms with Crippen LogP contribution in [0.5, 0.6) is 0 Å². The van der Waals surface area contributed by atoms with Crippen molar-refractivity contribution in [2.75, 3.05) is 4.90 Å². The topological polar surface area (TPSA) is 62.9 Å². The fourth-order valence-corrected chi connectivity index (χ4v) is 16.3. The second-order valence-electron chi connectivity index (χ2n) is 23.4. The van der Waals surface area contributed by atoms with Crippen molar-refractivity contribution < 1.29 is 0 Å². The number of nitriles is 2. The maximum absolute atomic E-state index is 9.88. The number of allylic oxidation sites excluding steroid dienone is 9. The lowest BCUT2D eigenvalue weighted by Crippen LogP contribution is -2.29. The molecule has 2 saturated carbocycles. The summed E-state index contributed by atoms with van der Waals surface area (Å²) in [7, 11) is 0. The third-order valence-electron chi connectivity index (χ3n) is 19.7. The second kappa shape index (κ2) is 15.4. The van der Waals surface area contributed by atoms with E-state index in [1.165, 1.54) is 99.7 Å². The molecule has 8 aromatic carbocycles. The van der Waals surface area contributed by atoms with Crippen LogP contribution in [0.25, 0.3) is 38.2 Å². The number of hydrogen-bond donors (Lipinski definition) is 1. The standard InChI is InChI=1S/C72H54N4/c1-42-49-14-8-10-20-58(49)71-35-13-12-22-60(71)67(71)68(42)75-62(36-43-23-25-44(40-73)26-24-43)46-29-33-55-57(37-46)51-16-4-6-18-53(51)64-56-34-30-47(38-61(56)70(2,3)65(55)64)63-39-72-59-21-11-9-17-52(59)50-15-5-7-19-54(50)66(72)69(72)76(63)48-31-27-45(41-74)28-32-48/h4-35,37-39,56,60-62,66-67,69,75H,36H2,1-3H3/t56?,60?,61?,62?,66?,67?,69?,71?,72-/m0/s1. The highest BCUT2D eigenvalue weighted by molar-refractivity contribution is 6.12. The van der Waals surface area contributed by atoms with Crippen molar-refractivity contribution in [2.24, 2.45) is 17.8 Å². The van der Waals surface area contributed by atoms with Gasteiger partial charge >= 0.3 is 0 Å². The van der Waals surface area contributed by atoms with Gasteiger partial charge in [0.25, 0.3) is 0 Å². The summed E-state index contributed by atoms with van der Waals surface area (Å²) in [4.78, 5) is 2.62. The number of anilines is 1. The summed E-state index contributed by atoms with van der Waals surface area (Å²) in [5.74, 6) is 1.52. The fraction of sp³-hybridized carbons (Fsp3) is 0.194. The molecular formula is C72H54N4. The molecule has 9 atom stereocenters. The van der Waals surface area contributed by atoms with E-state index in [-0.39, 0.29) is 40.2 Å². The summed E-state index contributed by atoms with van der Waals surface area (Å²) >= 11 is 0. The van der Waals surface area contributed by atoms with Gasteiger partial charge in [-0.25, -0.2) is 0 Å². The Morgan fingerprint density at radius 1 is 0.632 bits per heavy atom. The average molecular weight is 975 g/mol. The van der Waals surface area contributed by atoms with Crippen LogP contribution < -0.4 is 10.2 Å². The quantitative estimate of drug-likeness (QED) is 0.162. The van der Waals surface area contributed by atoms with Crippen LogP contribution in [0.1, 0.15) is 94.3 Å². The molecule has 8 aromatic rings. The van der Waals surface area contributed by atoms with Gasteiger partial charge in [0, 0.05) is 51.6 Å². The summed E-state index contributed by atoms with van der Waals surface area (Å²) in [5.41, 5.74) is 21.0. The molecule has 7 aliphatic carbocycles. The van der Waals surface area contributed by atoms with Crippen LogP contribution in [0.15, 0.2) is 229 Å². The number of nitrogens with one attached hydrogen (secondary N) is 1. The molecular weight excluding hydrogens is 921 g/mol. The van der Waals surface area contributed by atoms with Crippen molar-refractivity contribution in [2.45, 2.75) is 67.4 Å². The van der Waals surface area contributed by atoms with E-state index in [4.69, 9.17) is 0 Å². The van der Waals surface area contributed by atoms with Crippen molar-refractivity contribution >= 4 is 32.8 Å². The first-order chi connectivity index (χ1) is 37.2. The van der Waals surface area contributed by atoms with Gasteiger partial charge in [0.05, 0.1) is 35.3 Å². The SMILES string of the molecule is CC1=C(NC(Cc2ccc(C#N)cc2)c2ccc3c4c(c5ccccc5c3c2)C2C=CC(C3=C[C@]56c7ccccc7-c7ccccc7C5C6N3c3ccc(C#N)cc3)=CC2C4(C)C)C2C3C=CC=CC32c2ccccc21. The van der Waals surface area contributed by atoms with E-state index in [9.17, 15) is 10.5 Å². The van der Waals surface area contributed by atoms with Crippen LogP contribution in [-0.2, 0) is 22.7 Å². The van der Waals surface area contributed by atoms with Crippen molar-refractivity contribution in [3.05, 3.63) is 285 Å². The van der Waals surface area contributed by atoms with Gasteiger partial charge in [-0.15, -0.1) is 0 Å². The summed E-state index contributed by atoms with van der Waals surface area (Å²) in [5, 5.41) is 29.2. The van der Waals surface area contributed by atoms with Crippen molar-refractivity contribution in [3.8, 4) is 23.3 Å². The molecule has 8 aliphatic rings. The zero-order chi connectivity index (χ0) is 50.8. The van der Waals surface area contributed by atoms with E-state index in [2.05, 4.69) is 231 Å². The lowest BCUT2D eigenvalue weighted by molar-refractivity contribution is 0.395. The van der Waals surface area contributed by atoms with Gasteiger partial charge in [0.1, 0.15) is 0 Å². The van der Waals surface area contributed by atoms with Gasteiger partial charge in [-0.3, -0.25) is 0 Å². The van der Waals surface area contributed by atoms with E-state index in [1.54, 1.807) is 0 Å². The third kappa shape index (κ3) is 5.67. The number of benzene rings is 8. The van der Waals surface area contributed by atoms with Crippen LogP contribution in [0, 0.1) is 40.4 Å². The van der Waals surface area contributed by atoms with Crippen LogP contribution in [0.2, 0.25) is 0 Å². The molecule has 16 rings (SSSR count). The number of fused-ring (bicyclic) bond motifs is 15. The predicted octanol–water partition coefficient (Wildman–Crippen LogP) is 15.6. The first-order valence-corrected chi connectivity index (χ1v) is 27.3. The summed E-state index contributed by atoms with van der Waals surface area (Å²) in [6.45, 7) is 7.30.